The number of piperidine rings is 1. The number of amides is 1. The molecule has 110 valence electrons. The summed E-state index contributed by atoms with van der Waals surface area (Å²) in [5.41, 5.74) is 0.727. The Morgan fingerprint density at radius 2 is 2.20 bits per heavy atom. The van der Waals surface area contributed by atoms with Gasteiger partial charge in [0.2, 0.25) is 5.91 Å². The molecule has 20 heavy (non-hydrogen) atoms. The van der Waals surface area contributed by atoms with Crippen LogP contribution in [0.1, 0.15) is 51.3 Å². The van der Waals surface area contributed by atoms with Gasteiger partial charge in [-0.2, -0.15) is 0 Å². The van der Waals surface area contributed by atoms with Gasteiger partial charge in [0.15, 0.2) is 0 Å². The molecule has 4 nitrogen and oxygen atoms in total. The van der Waals surface area contributed by atoms with Crippen LogP contribution in [0.5, 0.6) is 0 Å². The van der Waals surface area contributed by atoms with Crippen LogP contribution in [0.4, 0.5) is 0 Å². The minimum absolute atomic E-state index is 0.0349. The Hall–Kier alpha value is -1.42. The van der Waals surface area contributed by atoms with E-state index in [0.717, 1.165) is 44.5 Å². The van der Waals surface area contributed by atoms with E-state index in [1.54, 1.807) is 6.20 Å². The SMILES string of the molecule is CCCC1(C(=O)N[C@@H](C)c2ccccn2)CCNCC1. The third kappa shape index (κ3) is 3.37. The van der Waals surface area contributed by atoms with Crippen LogP contribution in [0.25, 0.3) is 0 Å². The average Bonchev–Trinajstić information content (AvgIpc) is 2.49. The number of hydrogen-bond donors (Lipinski definition) is 2. The highest BCUT2D eigenvalue weighted by Crippen LogP contribution is 2.34. The van der Waals surface area contributed by atoms with Gasteiger partial charge in [-0.3, -0.25) is 9.78 Å². The molecule has 1 aliphatic heterocycles. The molecule has 2 heterocycles. The van der Waals surface area contributed by atoms with Crippen molar-refractivity contribution in [2.24, 2.45) is 5.41 Å². The number of rotatable bonds is 5. The maximum Gasteiger partial charge on any atom is 0.226 e. The first-order valence-electron chi connectivity index (χ1n) is 7.60. The minimum Gasteiger partial charge on any atom is -0.348 e. The van der Waals surface area contributed by atoms with Crippen LogP contribution < -0.4 is 10.6 Å². The van der Waals surface area contributed by atoms with Crippen molar-refractivity contribution in [3.05, 3.63) is 30.1 Å². The molecule has 0 aromatic carbocycles. The summed E-state index contributed by atoms with van der Waals surface area (Å²) in [6, 6.07) is 5.77. The van der Waals surface area contributed by atoms with E-state index in [1.165, 1.54) is 0 Å². The monoisotopic (exact) mass is 275 g/mol. The number of carbonyl (C=O) groups is 1. The van der Waals surface area contributed by atoms with Crippen LogP contribution in [-0.4, -0.2) is 24.0 Å². The molecule has 1 aliphatic rings. The first-order chi connectivity index (χ1) is 9.68. The highest BCUT2D eigenvalue weighted by Gasteiger charge is 2.39. The lowest BCUT2D eigenvalue weighted by molar-refractivity contribution is -0.133. The van der Waals surface area contributed by atoms with Gasteiger partial charge in [-0.1, -0.05) is 19.4 Å². The van der Waals surface area contributed by atoms with Crippen LogP contribution in [0, 0.1) is 5.41 Å². The second kappa shape index (κ2) is 6.84. The number of pyridine rings is 1. The van der Waals surface area contributed by atoms with Gasteiger partial charge in [0.1, 0.15) is 0 Å². The Bertz CT molecular complexity index is 421. The van der Waals surface area contributed by atoms with E-state index in [1.807, 2.05) is 25.1 Å². The first-order valence-corrected chi connectivity index (χ1v) is 7.60. The van der Waals surface area contributed by atoms with Crippen molar-refractivity contribution >= 4 is 5.91 Å². The molecule has 0 spiro atoms. The predicted octanol–water partition coefficient (Wildman–Crippen LogP) is 2.43. The Morgan fingerprint density at radius 3 is 2.80 bits per heavy atom. The molecule has 1 saturated heterocycles. The second-order valence-corrected chi connectivity index (χ2v) is 5.73. The summed E-state index contributed by atoms with van der Waals surface area (Å²) >= 11 is 0. The van der Waals surface area contributed by atoms with Crippen molar-refractivity contribution < 1.29 is 4.79 Å². The summed E-state index contributed by atoms with van der Waals surface area (Å²) < 4.78 is 0. The lowest BCUT2D eigenvalue weighted by Gasteiger charge is -2.37. The molecule has 0 saturated carbocycles. The van der Waals surface area contributed by atoms with Crippen molar-refractivity contribution in [1.82, 2.24) is 15.6 Å². The summed E-state index contributed by atoms with van der Waals surface area (Å²) in [5.74, 6) is 0.194. The van der Waals surface area contributed by atoms with E-state index in [2.05, 4.69) is 22.5 Å². The average molecular weight is 275 g/mol. The quantitative estimate of drug-likeness (QED) is 0.867. The third-order valence-electron chi connectivity index (χ3n) is 4.25. The van der Waals surface area contributed by atoms with Gasteiger partial charge in [-0.25, -0.2) is 0 Å². The molecule has 1 aromatic heterocycles. The Morgan fingerprint density at radius 1 is 1.45 bits per heavy atom. The molecule has 0 unspecified atom stereocenters. The summed E-state index contributed by atoms with van der Waals surface area (Å²) in [5, 5.41) is 6.51. The number of hydrogen-bond acceptors (Lipinski definition) is 3. The fraction of sp³-hybridized carbons (Fsp3) is 0.625. The maximum atomic E-state index is 12.7. The number of nitrogens with zero attached hydrogens (tertiary/aromatic N) is 1. The zero-order valence-corrected chi connectivity index (χ0v) is 12.5. The van der Waals surface area contributed by atoms with Gasteiger partial charge < -0.3 is 10.6 Å². The number of aromatic nitrogens is 1. The molecule has 0 bridgehead atoms. The smallest absolute Gasteiger partial charge is 0.226 e. The highest BCUT2D eigenvalue weighted by molar-refractivity contribution is 5.83. The molecule has 0 radical (unpaired) electrons. The first kappa shape index (κ1) is 15.0. The molecule has 0 aliphatic carbocycles. The van der Waals surface area contributed by atoms with E-state index < -0.39 is 0 Å². The molecule has 2 rings (SSSR count). The summed E-state index contributed by atoms with van der Waals surface area (Å²) in [6.45, 7) is 6.02. The Labute approximate surface area is 121 Å². The van der Waals surface area contributed by atoms with Crippen molar-refractivity contribution in [3.63, 3.8) is 0 Å². The van der Waals surface area contributed by atoms with E-state index in [-0.39, 0.29) is 17.4 Å². The van der Waals surface area contributed by atoms with E-state index in [9.17, 15) is 4.79 Å². The topological polar surface area (TPSA) is 54.0 Å². The zero-order valence-electron chi connectivity index (χ0n) is 12.5. The van der Waals surface area contributed by atoms with Gasteiger partial charge in [0.25, 0.3) is 0 Å². The van der Waals surface area contributed by atoms with E-state index in [0.29, 0.717) is 0 Å². The van der Waals surface area contributed by atoms with Crippen LogP contribution >= 0.6 is 0 Å². The third-order valence-corrected chi connectivity index (χ3v) is 4.25. The number of nitrogens with one attached hydrogen (secondary N) is 2. The van der Waals surface area contributed by atoms with Crippen LogP contribution in [0.3, 0.4) is 0 Å². The molecule has 1 atom stereocenters. The van der Waals surface area contributed by atoms with E-state index in [4.69, 9.17) is 0 Å². The van der Waals surface area contributed by atoms with Crippen molar-refractivity contribution in [1.29, 1.82) is 0 Å². The van der Waals surface area contributed by atoms with Crippen molar-refractivity contribution in [2.45, 2.75) is 45.6 Å². The maximum absolute atomic E-state index is 12.7. The van der Waals surface area contributed by atoms with Gasteiger partial charge in [-0.15, -0.1) is 0 Å². The van der Waals surface area contributed by atoms with Gasteiger partial charge in [0.05, 0.1) is 17.2 Å². The molecule has 2 N–H and O–H groups in total. The lowest BCUT2D eigenvalue weighted by atomic mass is 9.74. The normalized spacial score (nSPS) is 19.3. The molecule has 4 heteroatoms. The second-order valence-electron chi connectivity index (χ2n) is 5.73. The molecular formula is C16H25N3O. The lowest BCUT2D eigenvalue weighted by Crippen LogP contribution is -2.48. The Kier molecular flexibility index (Phi) is 5.12. The number of carbonyl (C=O) groups excluding carboxylic acids is 1. The molecule has 1 fully saturated rings. The van der Waals surface area contributed by atoms with Gasteiger partial charge in [0, 0.05) is 6.20 Å². The summed E-state index contributed by atoms with van der Waals surface area (Å²) in [7, 11) is 0. The van der Waals surface area contributed by atoms with Crippen molar-refractivity contribution in [2.75, 3.05) is 13.1 Å². The molecular weight excluding hydrogens is 250 g/mol. The molecule has 1 amide bonds. The zero-order chi connectivity index (χ0) is 14.4. The van der Waals surface area contributed by atoms with Gasteiger partial charge in [-0.05, 0) is 51.4 Å². The fourth-order valence-corrected chi connectivity index (χ4v) is 3.03. The van der Waals surface area contributed by atoms with Crippen molar-refractivity contribution in [3.8, 4) is 0 Å². The largest absolute Gasteiger partial charge is 0.348 e. The summed E-state index contributed by atoms with van der Waals surface area (Å²) in [6.07, 6.45) is 5.65. The minimum atomic E-state index is -0.191. The Balaban J connectivity index is 2.05. The van der Waals surface area contributed by atoms with Crippen LogP contribution in [0.2, 0.25) is 0 Å². The summed E-state index contributed by atoms with van der Waals surface area (Å²) in [4.78, 5) is 17.0. The van der Waals surface area contributed by atoms with Crippen LogP contribution in [0.15, 0.2) is 24.4 Å². The van der Waals surface area contributed by atoms with Gasteiger partial charge >= 0.3 is 0 Å². The standard InChI is InChI=1S/C16H25N3O/c1-3-7-16(8-11-17-12-9-16)15(20)19-13(2)14-6-4-5-10-18-14/h4-6,10,13,17H,3,7-9,11-12H2,1-2H3,(H,19,20)/t13-/m0/s1. The van der Waals surface area contributed by atoms with E-state index >= 15 is 0 Å². The molecule has 1 aromatic rings. The highest BCUT2D eigenvalue weighted by atomic mass is 16.2. The van der Waals surface area contributed by atoms with Crippen LogP contribution in [-0.2, 0) is 4.79 Å². The fourth-order valence-electron chi connectivity index (χ4n) is 3.03. The predicted molar refractivity (Wildman–Crippen MR) is 80.2 cm³/mol.